The van der Waals surface area contributed by atoms with Gasteiger partial charge < -0.3 is 20.4 Å². The second-order valence-electron chi connectivity index (χ2n) is 5.34. The molecule has 4 N–H and O–H groups in total. The fourth-order valence-corrected chi connectivity index (χ4v) is 1.71. The zero-order chi connectivity index (χ0) is 20.5. The molecule has 0 saturated carbocycles. The molecule has 0 atom stereocenters. The zero-order valence-corrected chi connectivity index (χ0v) is 16.7. The van der Waals surface area contributed by atoms with Gasteiger partial charge in [0.1, 0.15) is 23.0 Å². The maximum absolute atomic E-state index is 8.63. The Balaban J connectivity index is 0.000000356. The molecule has 4 rings (SSSR count). The van der Waals surface area contributed by atoms with Crippen LogP contribution >= 0.6 is 9.90 Å². The van der Waals surface area contributed by atoms with E-state index in [0.717, 1.165) is 0 Å². The molecular formula is C24H24O4P. The van der Waals surface area contributed by atoms with Gasteiger partial charge in [0, 0.05) is 9.90 Å². The minimum atomic E-state index is 0. The van der Waals surface area contributed by atoms with Crippen LogP contribution in [0, 0.1) is 0 Å². The molecule has 0 heterocycles. The van der Waals surface area contributed by atoms with Crippen molar-refractivity contribution in [3.63, 3.8) is 0 Å². The fourth-order valence-electron chi connectivity index (χ4n) is 1.71. The Hall–Kier alpha value is -3.49. The number of hydrogen-bond acceptors (Lipinski definition) is 4. The number of benzene rings is 4. The molecule has 0 aromatic heterocycles. The predicted octanol–water partition coefficient (Wildman–Crippen LogP) is 6.43. The lowest BCUT2D eigenvalue weighted by molar-refractivity contribution is 0.475. The summed E-state index contributed by atoms with van der Waals surface area (Å²) in [5, 5.41) is 34.5. The number of aromatic hydroxyl groups is 4. The van der Waals surface area contributed by atoms with Gasteiger partial charge in [0.05, 0.1) is 0 Å². The van der Waals surface area contributed by atoms with Gasteiger partial charge in [0.2, 0.25) is 0 Å². The minimum absolute atomic E-state index is 0. The molecule has 3 radical (unpaired) electrons. The topological polar surface area (TPSA) is 80.9 Å². The minimum Gasteiger partial charge on any atom is -0.508 e. The molecule has 0 bridgehead atoms. The van der Waals surface area contributed by atoms with Crippen molar-refractivity contribution in [3.05, 3.63) is 121 Å². The van der Waals surface area contributed by atoms with Gasteiger partial charge in [-0.1, -0.05) is 72.8 Å². The number of phenols is 4. The Labute approximate surface area is 175 Å². The highest BCUT2D eigenvalue weighted by Gasteiger charge is 1.76. The van der Waals surface area contributed by atoms with Crippen molar-refractivity contribution in [1.82, 2.24) is 0 Å². The van der Waals surface area contributed by atoms with E-state index in [9.17, 15) is 0 Å². The number of phenolic OH excluding ortho intramolecular Hbond substituents is 4. The SMILES string of the molecule is Oc1ccccc1.Oc1ccccc1.Oc1ccccc1.Oc1ccccc1.[P]. The quantitative estimate of drug-likeness (QED) is 0.253. The van der Waals surface area contributed by atoms with Crippen molar-refractivity contribution in [2.75, 3.05) is 0 Å². The van der Waals surface area contributed by atoms with Crippen LogP contribution in [0.1, 0.15) is 0 Å². The molecule has 0 aliphatic carbocycles. The molecule has 0 fully saturated rings. The van der Waals surface area contributed by atoms with Crippen LogP contribution in [-0.4, -0.2) is 20.4 Å². The van der Waals surface area contributed by atoms with Gasteiger partial charge in [0.25, 0.3) is 0 Å². The van der Waals surface area contributed by atoms with Crippen molar-refractivity contribution in [2.24, 2.45) is 0 Å². The van der Waals surface area contributed by atoms with Gasteiger partial charge >= 0.3 is 0 Å². The fraction of sp³-hybridized carbons (Fsp3) is 0. The Morgan fingerprint density at radius 3 is 0.483 bits per heavy atom. The third kappa shape index (κ3) is 15.3. The molecule has 4 aromatic rings. The second-order valence-corrected chi connectivity index (χ2v) is 5.34. The Morgan fingerprint density at radius 2 is 0.414 bits per heavy atom. The van der Waals surface area contributed by atoms with Gasteiger partial charge in [-0.2, -0.15) is 0 Å². The average molecular weight is 407 g/mol. The molecule has 0 aliphatic heterocycles. The van der Waals surface area contributed by atoms with Crippen LogP contribution in [0.15, 0.2) is 121 Å². The predicted molar refractivity (Wildman–Crippen MR) is 119 cm³/mol. The smallest absolute Gasteiger partial charge is 0.115 e. The Kier molecular flexibility index (Phi) is 14.7. The summed E-state index contributed by atoms with van der Waals surface area (Å²) >= 11 is 0. The van der Waals surface area contributed by atoms with Crippen LogP contribution in [0.4, 0.5) is 0 Å². The van der Waals surface area contributed by atoms with Crippen molar-refractivity contribution in [2.45, 2.75) is 0 Å². The van der Waals surface area contributed by atoms with Crippen LogP contribution in [0.3, 0.4) is 0 Å². The zero-order valence-electron chi connectivity index (χ0n) is 15.8. The highest BCUT2D eigenvalue weighted by Crippen LogP contribution is 2.04. The lowest BCUT2D eigenvalue weighted by Crippen LogP contribution is -1.56. The molecule has 4 aromatic carbocycles. The third-order valence-corrected chi connectivity index (χ3v) is 3.02. The Morgan fingerprint density at radius 1 is 0.276 bits per heavy atom. The Bertz CT molecular complexity index is 693. The molecule has 0 unspecified atom stereocenters. The molecule has 0 amide bonds. The van der Waals surface area contributed by atoms with E-state index in [4.69, 9.17) is 20.4 Å². The monoisotopic (exact) mass is 407 g/mol. The summed E-state index contributed by atoms with van der Waals surface area (Å²) in [6.07, 6.45) is 0. The van der Waals surface area contributed by atoms with Crippen molar-refractivity contribution in [1.29, 1.82) is 0 Å². The van der Waals surface area contributed by atoms with E-state index in [1.807, 2.05) is 24.3 Å². The van der Waals surface area contributed by atoms with E-state index in [-0.39, 0.29) is 9.90 Å². The van der Waals surface area contributed by atoms with E-state index >= 15 is 0 Å². The highest BCUT2D eigenvalue weighted by molar-refractivity contribution is 6.92. The van der Waals surface area contributed by atoms with E-state index < -0.39 is 0 Å². The molecule has 0 aliphatic rings. The molecule has 29 heavy (non-hydrogen) atoms. The normalized spacial score (nSPS) is 8.28. The van der Waals surface area contributed by atoms with Gasteiger partial charge in [-0.3, -0.25) is 0 Å². The number of rotatable bonds is 0. The maximum atomic E-state index is 8.63. The standard InChI is InChI=1S/4C6H6O.P/c4*7-6-4-2-1-3-5-6;/h4*1-5,7H;. The van der Waals surface area contributed by atoms with Crippen molar-refractivity contribution in [3.8, 4) is 23.0 Å². The van der Waals surface area contributed by atoms with Crippen LogP contribution in [-0.2, 0) is 0 Å². The van der Waals surface area contributed by atoms with E-state index in [1.54, 1.807) is 97.1 Å². The van der Waals surface area contributed by atoms with Crippen LogP contribution < -0.4 is 0 Å². The van der Waals surface area contributed by atoms with Crippen molar-refractivity contribution >= 4 is 9.90 Å². The average Bonchev–Trinajstić information content (AvgIpc) is 2.72. The summed E-state index contributed by atoms with van der Waals surface area (Å²) in [5.41, 5.74) is 0. The lowest BCUT2D eigenvalue weighted by atomic mass is 10.3. The van der Waals surface area contributed by atoms with Crippen LogP contribution in [0.2, 0.25) is 0 Å². The van der Waals surface area contributed by atoms with E-state index in [0.29, 0.717) is 23.0 Å². The first kappa shape index (κ1) is 25.5. The first-order chi connectivity index (χ1) is 13.6. The summed E-state index contributed by atoms with van der Waals surface area (Å²) < 4.78 is 0. The number of para-hydroxylation sites is 4. The first-order valence-corrected chi connectivity index (χ1v) is 8.54. The molecular weight excluding hydrogens is 383 g/mol. The third-order valence-electron chi connectivity index (χ3n) is 3.02. The van der Waals surface area contributed by atoms with Gasteiger partial charge in [-0.05, 0) is 48.5 Å². The van der Waals surface area contributed by atoms with Crippen LogP contribution in [0.25, 0.3) is 0 Å². The van der Waals surface area contributed by atoms with Gasteiger partial charge in [0.15, 0.2) is 0 Å². The van der Waals surface area contributed by atoms with Crippen LogP contribution in [0.5, 0.6) is 23.0 Å². The van der Waals surface area contributed by atoms with E-state index in [2.05, 4.69) is 0 Å². The van der Waals surface area contributed by atoms with Gasteiger partial charge in [-0.15, -0.1) is 0 Å². The number of hydrogen-bond donors (Lipinski definition) is 4. The van der Waals surface area contributed by atoms with E-state index in [1.165, 1.54) is 0 Å². The molecule has 0 spiro atoms. The molecule has 5 heteroatoms. The lowest BCUT2D eigenvalue weighted by Gasteiger charge is -1.82. The summed E-state index contributed by atoms with van der Waals surface area (Å²) in [5.74, 6) is 1.29. The molecule has 4 nitrogen and oxygen atoms in total. The summed E-state index contributed by atoms with van der Waals surface area (Å²) in [4.78, 5) is 0. The molecule has 149 valence electrons. The van der Waals surface area contributed by atoms with Crippen molar-refractivity contribution < 1.29 is 20.4 Å². The van der Waals surface area contributed by atoms with Gasteiger partial charge in [-0.25, -0.2) is 0 Å². The summed E-state index contributed by atoms with van der Waals surface area (Å²) in [7, 11) is 0. The molecule has 0 saturated heterocycles. The highest BCUT2D eigenvalue weighted by atomic mass is 31.0. The summed E-state index contributed by atoms with van der Waals surface area (Å²) in [6.45, 7) is 0. The first-order valence-electron chi connectivity index (χ1n) is 8.54. The maximum Gasteiger partial charge on any atom is 0.115 e. The second kappa shape index (κ2) is 16.7. The largest absolute Gasteiger partial charge is 0.508 e. The summed E-state index contributed by atoms with van der Waals surface area (Å²) in [6, 6.07) is 34.9.